The third-order valence-electron chi connectivity index (χ3n) is 5.48. The van der Waals surface area contributed by atoms with Gasteiger partial charge in [0.2, 0.25) is 0 Å². The Kier molecular flexibility index (Phi) is 3.13. The summed E-state index contributed by atoms with van der Waals surface area (Å²) in [5.74, 6) is 3.41. The van der Waals surface area contributed by atoms with Gasteiger partial charge in [0.15, 0.2) is 0 Å². The third kappa shape index (κ3) is 2.23. The van der Waals surface area contributed by atoms with E-state index < -0.39 is 0 Å². The van der Waals surface area contributed by atoms with Crippen LogP contribution in [0.4, 0.5) is 0 Å². The Hall–Kier alpha value is 0.519. The molecule has 0 spiro atoms. The zero-order chi connectivity index (χ0) is 11.2. The summed E-state index contributed by atoms with van der Waals surface area (Å²) < 4.78 is 0. The molecule has 4 fully saturated rings. The van der Waals surface area contributed by atoms with Gasteiger partial charge in [0.1, 0.15) is 0 Å². The first-order valence-electron chi connectivity index (χ1n) is 7.31. The number of hydrogen-bond acceptors (Lipinski definition) is 0. The van der Waals surface area contributed by atoms with Crippen LogP contribution in [0.15, 0.2) is 0 Å². The minimum absolute atomic E-state index is 0.786. The molecule has 0 heterocycles. The molecule has 0 nitrogen and oxygen atoms in total. The van der Waals surface area contributed by atoms with Crippen molar-refractivity contribution in [1.82, 2.24) is 0 Å². The molecule has 16 heavy (non-hydrogen) atoms. The molecule has 0 aromatic heterocycles. The van der Waals surface area contributed by atoms with Gasteiger partial charge in [0.05, 0.1) is 0 Å². The standard InChI is InChI=1S/C15H25Se/c1-11(16)3-2-4-15-8-12-5-13(9-15)7-14(6-12)10-15/h11-14H,2-10H2,1H3/t11-,12?,13?,14?,15?/m1/s1. The van der Waals surface area contributed by atoms with Crippen molar-refractivity contribution in [3.63, 3.8) is 0 Å². The molecule has 1 heteroatoms. The fourth-order valence-corrected chi connectivity index (χ4v) is 5.71. The maximum absolute atomic E-state index is 3.25. The summed E-state index contributed by atoms with van der Waals surface area (Å²) in [5, 5.41) is 0. The molecule has 0 amide bonds. The molecule has 0 aliphatic heterocycles. The fourth-order valence-electron chi connectivity index (χ4n) is 5.36. The summed E-state index contributed by atoms with van der Waals surface area (Å²) in [4.78, 5) is 0.786. The van der Waals surface area contributed by atoms with Gasteiger partial charge in [-0.15, -0.1) is 0 Å². The summed E-state index contributed by atoms with van der Waals surface area (Å²) >= 11 is 3.25. The van der Waals surface area contributed by atoms with Gasteiger partial charge in [-0.05, 0) is 0 Å². The van der Waals surface area contributed by atoms with Crippen molar-refractivity contribution in [2.75, 3.05) is 0 Å². The van der Waals surface area contributed by atoms with Crippen molar-refractivity contribution in [2.45, 2.75) is 69.5 Å². The Morgan fingerprint density at radius 1 is 1.06 bits per heavy atom. The maximum atomic E-state index is 3.25. The predicted octanol–water partition coefficient (Wildman–Crippen LogP) is 4.35. The van der Waals surface area contributed by atoms with E-state index in [-0.39, 0.29) is 0 Å². The Morgan fingerprint density at radius 3 is 2.00 bits per heavy atom. The van der Waals surface area contributed by atoms with E-state index in [1.165, 1.54) is 12.8 Å². The summed E-state index contributed by atoms with van der Waals surface area (Å²) in [6.07, 6.45) is 14.0. The Labute approximate surface area is 109 Å². The normalized spacial score (nSPS) is 47.2. The summed E-state index contributed by atoms with van der Waals surface area (Å²) in [6.45, 7) is 2.32. The van der Waals surface area contributed by atoms with E-state index in [2.05, 4.69) is 22.9 Å². The molecule has 1 atom stereocenters. The van der Waals surface area contributed by atoms with E-state index in [1.807, 2.05) is 0 Å². The molecule has 4 rings (SSSR count). The second kappa shape index (κ2) is 4.32. The van der Waals surface area contributed by atoms with Crippen LogP contribution >= 0.6 is 0 Å². The van der Waals surface area contributed by atoms with Crippen LogP contribution in [-0.2, 0) is 0 Å². The predicted molar refractivity (Wildman–Crippen MR) is 69.6 cm³/mol. The molecule has 4 bridgehead atoms. The molecular formula is C15H25Se. The van der Waals surface area contributed by atoms with Crippen LogP contribution in [0.1, 0.15) is 64.7 Å². The van der Waals surface area contributed by atoms with Crippen molar-refractivity contribution >= 4 is 16.0 Å². The molecule has 4 saturated carbocycles. The summed E-state index contributed by atoms with van der Waals surface area (Å²) in [5.41, 5.74) is 0.823. The van der Waals surface area contributed by atoms with Crippen LogP contribution in [0.3, 0.4) is 0 Å². The van der Waals surface area contributed by atoms with E-state index in [4.69, 9.17) is 0 Å². The molecule has 0 N–H and O–H groups in total. The second-order valence-corrected chi connectivity index (χ2v) is 8.81. The second-order valence-electron chi connectivity index (χ2n) is 7.12. The number of hydrogen-bond donors (Lipinski definition) is 0. The number of rotatable bonds is 4. The van der Waals surface area contributed by atoms with E-state index in [9.17, 15) is 0 Å². The van der Waals surface area contributed by atoms with Gasteiger partial charge in [-0.1, -0.05) is 0 Å². The quantitative estimate of drug-likeness (QED) is 0.673. The zero-order valence-electron chi connectivity index (χ0n) is 10.6. The fraction of sp³-hybridized carbons (Fsp3) is 1.00. The first-order chi connectivity index (χ1) is 7.65. The van der Waals surface area contributed by atoms with Gasteiger partial charge in [0, 0.05) is 0 Å². The van der Waals surface area contributed by atoms with Gasteiger partial charge in [-0.25, -0.2) is 0 Å². The Balaban J connectivity index is 1.60. The van der Waals surface area contributed by atoms with Gasteiger partial charge >= 0.3 is 109 Å². The molecule has 1 radical (unpaired) electrons. The third-order valence-corrected chi connectivity index (χ3v) is 5.98. The van der Waals surface area contributed by atoms with E-state index in [0.29, 0.717) is 0 Å². The van der Waals surface area contributed by atoms with Crippen LogP contribution in [0, 0.1) is 23.2 Å². The SMILES string of the molecule is C[C@@H]([Se])CCCC12CC3CC(CC(C3)C1)C2. The average molecular weight is 284 g/mol. The molecule has 4 aliphatic carbocycles. The van der Waals surface area contributed by atoms with Gasteiger partial charge in [-0.3, -0.25) is 0 Å². The van der Waals surface area contributed by atoms with E-state index in [0.717, 1.165) is 28.0 Å². The van der Waals surface area contributed by atoms with Gasteiger partial charge in [-0.2, -0.15) is 0 Å². The molecule has 0 aromatic carbocycles. The van der Waals surface area contributed by atoms with Crippen LogP contribution in [0.5, 0.6) is 0 Å². The van der Waals surface area contributed by atoms with Crippen LogP contribution in [0.2, 0.25) is 4.82 Å². The van der Waals surface area contributed by atoms with Crippen molar-refractivity contribution in [2.24, 2.45) is 23.2 Å². The van der Waals surface area contributed by atoms with Crippen molar-refractivity contribution < 1.29 is 0 Å². The molecule has 0 aromatic rings. The molecular weight excluding hydrogens is 259 g/mol. The van der Waals surface area contributed by atoms with Crippen molar-refractivity contribution in [3.8, 4) is 0 Å². The van der Waals surface area contributed by atoms with Crippen molar-refractivity contribution in [1.29, 1.82) is 0 Å². The molecule has 0 unspecified atom stereocenters. The topological polar surface area (TPSA) is 0 Å². The molecule has 4 aliphatic rings. The monoisotopic (exact) mass is 285 g/mol. The van der Waals surface area contributed by atoms with Crippen LogP contribution < -0.4 is 0 Å². The average Bonchev–Trinajstić information content (AvgIpc) is 2.13. The van der Waals surface area contributed by atoms with Gasteiger partial charge in [0.25, 0.3) is 0 Å². The summed E-state index contributed by atoms with van der Waals surface area (Å²) in [7, 11) is 0. The first kappa shape index (κ1) is 11.6. The van der Waals surface area contributed by atoms with Crippen LogP contribution in [0.25, 0.3) is 0 Å². The Bertz CT molecular complexity index is 221. The molecule has 0 saturated heterocycles. The summed E-state index contributed by atoms with van der Waals surface area (Å²) in [6, 6.07) is 0. The van der Waals surface area contributed by atoms with E-state index >= 15 is 0 Å². The van der Waals surface area contributed by atoms with Crippen molar-refractivity contribution in [3.05, 3.63) is 0 Å². The van der Waals surface area contributed by atoms with Gasteiger partial charge < -0.3 is 0 Å². The molecule has 91 valence electrons. The first-order valence-corrected chi connectivity index (χ1v) is 8.30. The van der Waals surface area contributed by atoms with E-state index in [1.54, 1.807) is 44.9 Å². The zero-order valence-corrected chi connectivity index (χ0v) is 12.3. The Morgan fingerprint density at radius 2 is 1.56 bits per heavy atom. The van der Waals surface area contributed by atoms with Crippen LogP contribution in [-0.4, -0.2) is 16.0 Å². The minimum atomic E-state index is 0.786.